The maximum Gasteiger partial charge on any atom is 0.229 e. The number of hydrogen-bond donors (Lipinski definition) is 0. The van der Waals surface area contributed by atoms with Gasteiger partial charge in [0.2, 0.25) is 11.8 Å². The standard InChI is InChI=1S/C21H19BrN2O2/c22-17-8-4-5-15(11-17)13-24(19-9-10-19)20(25)12-18-14-26-21(23-18)16-6-2-1-3-7-16/h1-8,11,14,19H,9-10,12-13H2. The Bertz CT molecular complexity index is 903. The number of benzene rings is 2. The lowest BCUT2D eigenvalue weighted by atomic mass is 10.2. The van der Waals surface area contributed by atoms with Crippen molar-refractivity contribution < 1.29 is 9.21 Å². The second kappa shape index (κ2) is 7.46. The Kier molecular flexibility index (Phi) is 4.89. The molecule has 1 amide bonds. The molecule has 0 bridgehead atoms. The number of halogens is 1. The number of oxazole rings is 1. The summed E-state index contributed by atoms with van der Waals surface area (Å²) in [5.74, 6) is 0.652. The largest absolute Gasteiger partial charge is 0.444 e. The van der Waals surface area contributed by atoms with E-state index in [0.717, 1.165) is 28.4 Å². The van der Waals surface area contributed by atoms with Crippen LogP contribution in [-0.2, 0) is 17.8 Å². The topological polar surface area (TPSA) is 46.3 Å². The average Bonchev–Trinajstić information content (AvgIpc) is 3.39. The van der Waals surface area contributed by atoms with Crippen LogP contribution in [0.2, 0.25) is 0 Å². The maximum absolute atomic E-state index is 12.9. The minimum absolute atomic E-state index is 0.0976. The average molecular weight is 411 g/mol. The third-order valence-corrected chi connectivity index (χ3v) is 4.95. The number of carbonyl (C=O) groups is 1. The van der Waals surface area contributed by atoms with E-state index >= 15 is 0 Å². The molecule has 1 fully saturated rings. The van der Waals surface area contributed by atoms with Crippen molar-refractivity contribution in [3.05, 3.63) is 76.6 Å². The summed E-state index contributed by atoms with van der Waals surface area (Å²) in [6, 6.07) is 18.2. The quantitative estimate of drug-likeness (QED) is 0.583. The first-order valence-corrected chi connectivity index (χ1v) is 9.52. The zero-order valence-corrected chi connectivity index (χ0v) is 15.9. The van der Waals surface area contributed by atoms with E-state index < -0.39 is 0 Å². The van der Waals surface area contributed by atoms with Crippen LogP contribution in [0.4, 0.5) is 0 Å². The predicted octanol–water partition coefficient (Wildman–Crippen LogP) is 4.84. The number of aromatic nitrogens is 1. The van der Waals surface area contributed by atoms with Crippen LogP contribution in [-0.4, -0.2) is 21.8 Å². The molecule has 1 heterocycles. The molecule has 1 aliphatic carbocycles. The van der Waals surface area contributed by atoms with E-state index in [1.54, 1.807) is 6.26 Å². The Morgan fingerprint density at radius 3 is 2.69 bits per heavy atom. The van der Waals surface area contributed by atoms with Gasteiger partial charge in [0.25, 0.3) is 0 Å². The first-order chi connectivity index (χ1) is 12.7. The molecular formula is C21H19BrN2O2. The molecule has 0 unspecified atom stereocenters. The molecule has 2 aromatic carbocycles. The van der Waals surface area contributed by atoms with Crippen molar-refractivity contribution in [3.8, 4) is 11.5 Å². The zero-order valence-electron chi connectivity index (χ0n) is 14.3. The van der Waals surface area contributed by atoms with E-state index in [4.69, 9.17) is 4.42 Å². The SMILES string of the molecule is O=C(Cc1coc(-c2ccccc2)n1)N(Cc1cccc(Br)c1)C1CC1. The monoisotopic (exact) mass is 410 g/mol. The maximum atomic E-state index is 12.9. The van der Waals surface area contributed by atoms with Gasteiger partial charge in [0.05, 0.1) is 12.1 Å². The fraction of sp³-hybridized carbons (Fsp3) is 0.238. The van der Waals surface area contributed by atoms with Crippen molar-refractivity contribution in [2.75, 3.05) is 0 Å². The lowest BCUT2D eigenvalue weighted by Crippen LogP contribution is -2.33. The highest BCUT2D eigenvalue weighted by Crippen LogP contribution is 2.29. The molecule has 0 saturated heterocycles. The number of hydrogen-bond acceptors (Lipinski definition) is 3. The Morgan fingerprint density at radius 1 is 1.15 bits per heavy atom. The molecule has 0 atom stereocenters. The summed E-state index contributed by atoms with van der Waals surface area (Å²) >= 11 is 3.49. The summed E-state index contributed by atoms with van der Waals surface area (Å²) < 4.78 is 6.58. The molecule has 1 aliphatic rings. The van der Waals surface area contributed by atoms with Crippen LogP contribution in [0.5, 0.6) is 0 Å². The van der Waals surface area contributed by atoms with E-state index in [9.17, 15) is 4.79 Å². The van der Waals surface area contributed by atoms with Gasteiger partial charge < -0.3 is 9.32 Å². The van der Waals surface area contributed by atoms with Crippen molar-refractivity contribution in [2.45, 2.75) is 31.8 Å². The van der Waals surface area contributed by atoms with Gasteiger partial charge in [-0.05, 0) is 42.7 Å². The van der Waals surface area contributed by atoms with Crippen molar-refractivity contribution >= 4 is 21.8 Å². The summed E-state index contributed by atoms with van der Waals surface area (Å²) in [6.07, 6.45) is 4.01. The van der Waals surface area contributed by atoms with Crippen molar-refractivity contribution in [3.63, 3.8) is 0 Å². The highest BCUT2D eigenvalue weighted by atomic mass is 79.9. The number of amides is 1. The highest BCUT2D eigenvalue weighted by molar-refractivity contribution is 9.10. The first kappa shape index (κ1) is 17.0. The minimum atomic E-state index is 0.0976. The molecule has 132 valence electrons. The van der Waals surface area contributed by atoms with Gasteiger partial charge in [-0.1, -0.05) is 46.3 Å². The molecule has 0 N–H and O–H groups in total. The molecular weight excluding hydrogens is 392 g/mol. The van der Waals surface area contributed by atoms with Gasteiger partial charge in [0.15, 0.2) is 0 Å². The first-order valence-electron chi connectivity index (χ1n) is 8.73. The number of rotatable bonds is 6. The minimum Gasteiger partial charge on any atom is -0.444 e. The molecule has 1 aromatic heterocycles. The third kappa shape index (κ3) is 4.05. The molecule has 3 aromatic rings. The Balaban J connectivity index is 1.46. The van der Waals surface area contributed by atoms with Gasteiger partial charge in [-0.25, -0.2) is 4.98 Å². The highest BCUT2D eigenvalue weighted by Gasteiger charge is 2.32. The van der Waals surface area contributed by atoms with Crippen LogP contribution in [0.15, 0.2) is 69.8 Å². The van der Waals surface area contributed by atoms with Gasteiger partial charge in [0.1, 0.15) is 6.26 Å². The Hall–Kier alpha value is -2.40. The molecule has 5 heteroatoms. The molecule has 1 saturated carbocycles. The lowest BCUT2D eigenvalue weighted by Gasteiger charge is -2.22. The fourth-order valence-electron chi connectivity index (χ4n) is 3.00. The van der Waals surface area contributed by atoms with Gasteiger partial charge in [0, 0.05) is 22.6 Å². The van der Waals surface area contributed by atoms with E-state index in [-0.39, 0.29) is 12.3 Å². The predicted molar refractivity (Wildman–Crippen MR) is 103 cm³/mol. The Morgan fingerprint density at radius 2 is 1.96 bits per heavy atom. The molecule has 26 heavy (non-hydrogen) atoms. The van der Waals surface area contributed by atoms with Crippen molar-refractivity contribution in [2.24, 2.45) is 0 Å². The zero-order chi connectivity index (χ0) is 17.9. The fourth-order valence-corrected chi connectivity index (χ4v) is 3.44. The summed E-state index contributed by atoms with van der Waals surface area (Å²) in [7, 11) is 0. The van der Waals surface area contributed by atoms with Gasteiger partial charge in [-0.2, -0.15) is 0 Å². The van der Waals surface area contributed by atoms with Gasteiger partial charge in [-0.15, -0.1) is 0 Å². The van der Waals surface area contributed by atoms with Crippen LogP contribution in [0, 0.1) is 0 Å². The van der Waals surface area contributed by atoms with Crippen LogP contribution in [0.1, 0.15) is 24.1 Å². The summed E-state index contributed by atoms with van der Waals surface area (Å²) in [5, 5.41) is 0. The van der Waals surface area contributed by atoms with Crippen LogP contribution in [0.3, 0.4) is 0 Å². The molecule has 0 aliphatic heterocycles. The Labute approximate surface area is 161 Å². The molecule has 4 rings (SSSR count). The normalized spacial score (nSPS) is 13.6. The van der Waals surface area contributed by atoms with Gasteiger partial charge in [-0.3, -0.25) is 4.79 Å². The summed E-state index contributed by atoms with van der Waals surface area (Å²) in [4.78, 5) is 19.3. The van der Waals surface area contributed by atoms with E-state index in [0.29, 0.717) is 24.2 Å². The molecule has 0 spiro atoms. The van der Waals surface area contributed by atoms with E-state index in [1.807, 2.05) is 47.4 Å². The lowest BCUT2D eigenvalue weighted by molar-refractivity contribution is -0.131. The second-order valence-electron chi connectivity index (χ2n) is 6.57. The number of carbonyl (C=O) groups excluding carboxylic acids is 1. The van der Waals surface area contributed by atoms with Crippen molar-refractivity contribution in [1.82, 2.24) is 9.88 Å². The van der Waals surface area contributed by atoms with Crippen LogP contribution >= 0.6 is 15.9 Å². The molecule has 0 radical (unpaired) electrons. The van der Waals surface area contributed by atoms with Crippen LogP contribution < -0.4 is 0 Å². The number of nitrogens with zero attached hydrogens (tertiary/aromatic N) is 2. The van der Waals surface area contributed by atoms with E-state index in [1.165, 1.54) is 0 Å². The molecule has 4 nitrogen and oxygen atoms in total. The summed E-state index contributed by atoms with van der Waals surface area (Å²) in [6.45, 7) is 0.631. The van der Waals surface area contributed by atoms with Crippen LogP contribution in [0.25, 0.3) is 11.5 Å². The van der Waals surface area contributed by atoms with Gasteiger partial charge >= 0.3 is 0 Å². The second-order valence-corrected chi connectivity index (χ2v) is 7.49. The third-order valence-electron chi connectivity index (χ3n) is 4.45. The van der Waals surface area contributed by atoms with E-state index in [2.05, 4.69) is 33.0 Å². The smallest absolute Gasteiger partial charge is 0.229 e. The summed E-state index contributed by atoms with van der Waals surface area (Å²) in [5.41, 5.74) is 2.72. The van der Waals surface area contributed by atoms with Crippen molar-refractivity contribution in [1.29, 1.82) is 0 Å².